The Morgan fingerprint density at radius 2 is 1.85 bits per heavy atom. The molecular weight excluding hydrogens is 785 g/mol. The molecule has 12 nitrogen and oxygen atoms in total. The van der Waals surface area contributed by atoms with Crippen LogP contribution in [0.25, 0.3) is 0 Å². The van der Waals surface area contributed by atoms with E-state index in [1.165, 1.54) is 6.92 Å². The van der Waals surface area contributed by atoms with E-state index in [0.29, 0.717) is 87.0 Å². The number of aromatic nitrogens is 1. The zero-order chi connectivity index (χ0) is 41.4. The summed E-state index contributed by atoms with van der Waals surface area (Å²) < 4.78 is 12.5. The van der Waals surface area contributed by atoms with Crippen molar-refractivity contribution in [2.24, 2.45) is 22.1 Å². The summed E-state index contributed by atoms with van der Waals surface area (Å²) in [4.78, 5) is 37.2. The Labute approximate surface area is 358 Å². The molecule has 4 heterocycles. The number of phenolic OH excluding ortho intramolecular Hbond substituents is 1. The number of phenols is 1. The average molecular weight is 851 g/mol. The van der Waals surface area contributed by atoms with Gasteiger partial charge in [-0.1, -0.05) is 53.7 Å². The summed E-state index contributed by atoms with van der Waals surface area (Å²) in [5.41, 5.74) is 16.0. The Morgan fingerprint density at radius 1 is 1.02 bits per heavy atom. The van der Waals surface area contributed by atoms with E-state index in [1.54, 1.807) is 6.20 Å². The number of nitrogens with zero attached hydrogens (tertiary/aromatic N) is 3. The first-order valence-electron chi connectivity index (χ1n) is 22.2. The van der Waals surface area contributed by atoms with Crippen molar-refractivity contribution < 1.29 is 29.3 Å². The van der Waals surface area contributed by atoms with Crippen LogP contribution in [0.2, 0.25) is 0 Å². The van der Waals surface area contributed by atoms with Gasteiger partial charge in [0.25, 0.3) is 0 Å². The van der Waals surface area contributed by atoms with Crippen molar-refractivity contribution in [1.29, 1.82) is 0 Å². The average Bonchev–Trinajstić information content (AvgIpc) is 3.88. The van der Waals surface area contributed by atoms with Crippen LogP contribution >= 0.6 is 21.6 Å². The summed E-state index contributed by atoms with van der Waals surface area (Å²) in [5, 5.41) is 26.8. The zero-order valence-electron chi connectivity index (χ0n) is 34.9. The number of benzene rings is 1. The number of aliphatic imine (C=N–C) groups is 1. The van der Waals surface area contributed by atoms with Crippen LogP contribution in [-0.2, 0) is 40.1 Å². The topological polar surface area (TPSA) is 186 Å². The fraction of sp³-hybridized carbons (Fsp3) is 0.689. The molecule has 7 N–H and O–H groups in total. The normalized spacial score (nSPS) is 28.7. The van der Waals surface area contributed by atoms with Gasteiger partial charge in [-0.2, -0.15) is 0 Å². The van der Waals surface area contributed by atoms with Gasteiger partial charge in [-0.3, -0.25) is 14.6 Å². The number of aliphatic hydroxyl groups excluding tert-OH is 1. The van der Waals surface area contributed by atoms with E-state index in [4.69, 9.17) is 25.9 Å². The summed E-state index contributed by atoms with van der Waals surface area (Å²) in [5.74, 6) is 2.71. The van der Waals surface area contributed by atoms with Crippen LogP contribution in [0.5, 0.6) is 11.5 Å². The molecule has 7 rings (SSSR count). The Morgan fingerprint density at radius 3 is 2.66 bits per heavy atom. The molecule has 4 bridgehead atoms. The molecule has 0 radical (unpaired) electrons. The van der Waals surface area contributed by atoms with Crippen LogP contribution in [0.15, 0.2) is 29.4 Å². The van der Waals surface area contributed by atoms with Gasteiger partial charge < -0.3 is 41.4 Å². The van der Waals surface area contributed by atoms with Gasteiger partial charge in [0, 0.05) is 67.9 Å². The fourth-order valence-corrected chi connectivity index (χ4v) is 13.5. The van der Waals surface area contributed by atoms with Gasteiger partial charge in [-0.25, -0.2) is 4.98 Å². The molecule has 1 aromatic heterocycles. The SMILES string of the molecule is CC(=O)O[C@@H]1CCc2cc(c(O)c3c2CC[C@H]2CCC[C@H]2O3)CN2C[C@@](Cc3ccnc(N)c3)(CCN=C(N)NC3(CCCC3)SSCCCCCC[C@H](O)C1)CC2=O. The highest BCUT2D eigenvalue weighted by molar-refractivity contribution is 8.77. The van der Waals surface area contributed by atoms with Gasteiger partial charge in [0.15, 0.2) is 17.5 Å². The van der Waals surface area contributed by atoms with Crippen LogP contribution in [0.1, 0.15) is 138 Å². The number of hydrogen-bond donors (Lipinski definition) is 5. The number of aromatic hydroxyl groups is 1. The second kappa shape index (κ2) is 20.0. The van der Waals surface area contributed by atoms with Gasteiger partial charge in [-0.15, -0.1) is 0 Å². The minimum absolute atomic E-state index is 0.0226. The third-order valence-electron chi connectivity index (χ3n) is 13.4. The molecule has 14 heteroatoms. The van der Waals surface area contributed by atoms with Gasteiger partial charge in [-0.05, 0) is 119 Å². The Hall–Kier alpha value is -3.36. The molecule has 1 amide bonds. The van der Waals surface area contributed by atoms with Crippen LogP contribution in [0, 0.1) is 11.3 Å². The first kappa shape index (κ1) is 43.7. The lowest BCUT2D eigenvalue weighted by molar-refractivity contribution is -0.148. The quantitative estimate of drug-likeness (QED) is 0.153. The molecule has 0 unspecified atom stereocenters. The van der Waals surface area contributed by atoms with E-state index in [-0.39, 0.29) is 35.1 Å². The molecule has 3 fully saturated rings. The number of aliphatic hydroxyl groups is 1. The summed E-state index contributed by atoms with van der Waals surface area (Å²) in [6, 6.07) is 5.90. The first-order chi connectivity index (χ1) is 28.5. The molecule has 5 aliphatic rings. The minimum atomic E-state index is -0.566. The number of ether oxygens (including phenoxy) is 2. The zero-order valence-corrected chi connectivity index (χ0v) is 36.6. The predicted octanol–water partition coefficient (Wildman–Crippen LogP) is 7.35. The molecule has 1 aromatic carbocycles. The molecule has 3 aliphatic heterocycles. The van der Waals surface area contributed by atoms with E-state index >= 15 is 0 Å². The number of aryl methyl sites for hydroxylation is 1. The minimum Gasteiger partial charge on any atom is -0.504 e. The highest BCUT2D eigenvalue weighted by atomic mass is 33.1. The number of esters is 1. The molecule has 2 aliphatic carbocycles. The third kappa shape index (κ3) is 11.5. The maximum atomic E-state index is 14.1. The number of nitrogens with one attached hydrogen (secondary N) is 1. The predicted molar refractivity (Wildman–Crippen MR) is 236 cm³/mol. The number of fused-ring (bicyclic) bond motifs is 7. The molecule has 59 heavy (non-hydrogen) atoms. The number of nitrogens with two attached hydrogens (primary N) is 2. The summed E-state index contributed by atoms with van der Waals surface area (Å²) in [7, 11) is 3.79. The molecular formula is C45H66N6O6S2. The van der Waals surface area contributed by atoms with Gasteiger partial charge in [0.2, 0.25) is 5.91 Å². The van der Waals surface area contributed by atoms with E-state index in [2.05, 4.69) is 10.3 Å². The molecule has 5 atom stereocenters. The van der Waals surface area contributed by atoms with Gasteiger partial charge in [0.1, 0.15) is 18.0 Å². The van der Waals surface area contributed by atoms with Crippen molar-refractivity contribution in [3.63, 3.8) is 0 Å². The summed E-state index contributed by atoms with van der Waals surface area (Å²) in [6.45, 7) is 2.62. The summed E-state index contributed by atoms with van der Waals surface area (Å²) in [6.07, 6.45) is 18.1. The number of rotatable bonds is 3. The van der Waals surface area contributed by atoms with Gasteiger partial charge >= 0.3 is 5.97 Å². The number of carbonyl (C=O) groups is 2. The lowest BCUT2D eigenvalue weighted by atomic mass is 9.78. The van der Waals surface area contributed by atoms with Crippen molar-refractivity contribution >= 4 is 45.2 Å². The maximum absolute atomic E-state index is 14.1. The number of anilines is 1. The van der Waals surface area contributed by atoms with E-state index in [9.17, 15) is 19.8 Å². The molecule has 2 aromatic rings. The summed E-state index contributed by atoms with van der Waals surface area (Å²) >= 11 is 0. The highest BCUT2D eigenvalue weighted by Crippen LogP contribution is 2.48. The van der Waals surface area contributed by atoms with Gasteiger partial charge in [0.05, 0.1) is 11.0 Å². The number of nitrogen functional groups attached to an aromatic ring is 1. The molecule has 1 saturated heterocycles. The van der Waals surface area contributed by atoms with Crippen molar-refractivity contribution in [1.82, 2.24) is 15.2 Å². The van der Waals surface area contributed by atoms with Crippen LogP contribution < -0.4 is 21.5 Å². The second-order valence-electron chi connectivity index (χ2n) is 18.0. The number of pyridine rings is 1. The van der Waals surface area contributed by atoms with Crippen molar-refractivity contribution in [2.75, 3.05) is 24.6 Å². The number of carbonyl (C=O) groups excluding carboxylic acids is 2. The Bertz CT molecular complexity index is 1810. The number of amides is 1. The number of hydrogen-bond acceptors (Lipinski definition) is 13. The van der Waals surface area contributed by atoms with Crippen LogP contribution in [0.3, 0.4) is 0 Å². The molecule has 2 saturated carbocycles. The standard InChI is InChI=1S/C45H66N6O6S2/c1-30(52)56-36-14-12-33-24-34(41(55)42-37(33)15-13-32-9-8-11-38(32)57-42)28-51-29-44(27-40(51)54,26-31-16-20-48-39(46)23-31)19-21-49-43(47)50-45(17-5-6-18-45)59-58-22-7-3-2-4-10-35(53)25-36/h16,20,23-24,32,35-36,38,53,55H,2-15,17-19,21-22,25-29H2,1H3,(H2,46,48)(H3,47,49,50)/t32-,35+,36-,38-,44-/m1/s1. The van der Waals surface area contributed by atoms with Crippen molar-refractivity contribution in [3.8, 4) is 11.5 Å². The van der Waals surface area contributed by atoms with Crippen LogP contribution in [0.4, 0.5) is 5.82 Å². The monoisotopic (exact) mass is 850 g/mol. The molecule has 324 valence electrons. The van der Waals surface area contributed by atoms with E-state index in [1.807, 2.05) is 44.7 Å². The largest absolute Gasteiger partial charge is 0.504 e. The van der Waals surface area contributed by atoms with E-state index in [0.717, 1.165) is 106 Å². The van der Waals surface area contributed by atoms with Crippen LogP contribution in [-0.4, -0.2) is 80.0 Å². The molecule has 1 spiro atoms. The third-order valence-corrected chi connectivity index (χ3v) is 16.6. The smallest absolute Gasteiger partial charge is 0.302 e. The Balaban J connectivity index is 1.19. The van der Waals surface area contributed by atoms with E-state index < -0.39 is 17.6 Å². The van der Waals surface area contributed by atoms with Crippen molar-refractivity contribution in [2.45, 2.75) is 165 Å². The number of guanidine groups is 1. The maximum Gasteiger partial charge on any atom is 0.302 e. The Kier molecular flexibility index (Phi) is 14.8. The highest BCUT2D eigenvalue weighted by Gasteiger charge is 2.44. The second-order valence-corrected chi connectivity index (χ2v) is 20.8. The fourth-order valence-electron chi connectivity index (χ4n) is 10.4. The lowest BCUT2D eigenvalue weighted by Crippen LogP contribution is -2.47. The van der Waals surface area contributed by atoms with Crippen molar-refractivity contribution in [3.05, 3.63) is 46.6 Å². The first-order valence-corrected chi connectivity index (χ1v) is 24.6. The lowest BCUT2D eigenvalue weighted by Gasteiger charge is -2.30.